The summed E-state index contributed by atoms with van der Waals surface area (Å²) in [6.07, 6.45) is 6.42. The molecule has 86 valence electrons. The smallest absolute Gasteiger partial charge is 0.111 e. The summed E-state index contributed by atoms with van der Waals surface area (Å²) in [6, 6.07) is 0. The van der Waals surface area contributed by atoms with E-state index in [1.165, 1.54) is 0 Å². The molecule has 0 aliphatic carbocycles. The van der Waals surface area contributed by atoms with Crippen molar-refractivity contribution in [1.82, 2.24) is 0 Å². The van der Waals surface area contributed by atoms with Crippen LogP contribution in [0.3, 0.4) is 0 Å². The summed E-state index contributed by atoms with van der Waals surface area (Å²) >= 11 is 0. The molecule has 1 saturated heterocycles. The van der Waals surface area contributed by atoms with Gasteiger partial charge >= 0.3 is 0 Å². The average Bonchev–Trinajstić information content (AvgIpc) is 2.80. The van der Waals surface area contributed by atoms with Crippen LogP contribution in [0.2, 0.25) is 0 Å². The van der Waals surface area contributed by atoms with E-state index in [0.29, 0.717) is 13.2 Å². The second kappa shape index (κ2) is 4.24. The van der Waals surface area contributed by atoms with E-state index in [4.69, 9.17) is 14.2 Å². The normalized spacial score (nSPS) is 37.7. The van der Waals surface area contributed by atoms with Crippen molar-refractivity contribution in [3.63, 3.8) is 0 Å². The Kier molecular flexibility index (Phi) is 3.14. The van der Waals surface area contributed by atoms with E-state index in [1.54, 1.807) is 0 Å². The third kappa shape index (κ3) is 2.10. The van der Waals surface area contributed by atoms with Gasteiger partial charge in [-0.2, -0.15) is 0 Å². The fourth-order valence-electron chi connectivity index (χ4n) is 2.32. The SMILES string of the molecule is CCOCC12C=CC(COCC)(CC1)O2. The molecule has 0 aromatic carbocycles. The third-order valence-electron chi connectivity index (χ3n) is 3.17. The highest BCUT2D eigenvalue weighted by Crippen LogP contribution is 2.45. The van der Waals surface area contributed by atoms with Crippen LogP contribution in [0.15, 0.2) is 12.2 Å². The number of ether oxygens (including phenoxy) is 3. The topological polar surface area (TPSA) is 27.7 Å². The number of hydrogen-bond donors (Lipinski definition) is 0. The maximum absolute atomic E-state index is 6.09. The minimum absolute atomic E-state index is 0.160. The molecule has 2 heterocycles. The molecule has 0 amide bonds. The summed E-state index contributed by atoms with van der Waals surface area (Å²) in [4.78, 5) is 0. The monoisotopic (exact) mass is 212 g/mol. The Hall–Kier alpha value is -0.380. The molecular weight excluding hydrogens is 192 g/mol. The lowest BCUT2D eigenvalue weighted by molar-refractivity contribution is -0.0996. The third-order valence-corrected chi connectivity index (χ3v) is 3.17. The lowest BCUT2D eigenvalue weighted by Gasteiger charge is -2.24. The highest BCUT2D eigenvalue weighted by atomic mass is 16.6. The van der Waals surface area contributed by atoms with Crippen LogP contribution in [-0.2, 0) is 14.2 Å². The van der Waals surface area contributed by atoms with E-state index in [1.807, 2.05) is 13.8 Å². The predicted molar refractivity (Wildman–Crippen MR) is 57.9 cm³/mol. The van der Waals surface area contributed by atoms with Crippen LogP contribution in [0.1, 0.15) is 26.7 Å². The zero-order valence-corrected chi connectivity index (χ0v) is 9.62. The van der Waals surface area contributed by atoms with E-state index in [2.05, 4.69) is 12.2 Å². The highest BCUT2D eigenvalue weighted by Gasteiger charge is 2.51. The molecule has 2 unspecified atom stereocenters. The van der Waals surface area contributed by atoms with Crippen LogP contribution in [0.25, 0.3) is 0 Å². The molecule has 15 heavy (non-hydrogen) atoms. The van der Waals surface area contributed by atoms with E-state index in [0.717, 1.165) is 26.1 Å². The molecule has 2 atom stereocenters. The predicted octanol–water partition coefficient (Wildman–Crippen LogP) is 1.92. The number of fused-ring (bicyclic) bond motifs is 2. The first-order chi connectivity index (χ1) is 7.24. The standard InChI is InChI=1S/C12H20O3/c1-3-13-9-11-5-7-12(15-11,8-6-11)10-14-4-2/h5,7H,3-4,6,8-10H2,1-2H3. The maximum atomic E-state index is 6.09. The van der Waals surface area contributed by atoms with Crippen molar-refractivity contribution in [2.24, 2.45) is 0 Å². The first-order valence-electron chi connectivity index (χ1n) is 5.80. The van der Waals surface area contributed by atoms with Crippen molar-refractivity contribution in [3.05, 3.63) is 12.2 Å². The van der Waals surface area contributed by atoms with E-state index in [-0.39, 0.29) is 11.2 Å². The van der Waals surface area contributed by atoms with Crippen LogP contribution < -0.4 is 0 Å². The molecule has 3 nitrogen and oxygen atoms in total. The van der Waals surface area contributed by atoms with Crippen molar-refractivity contribution in [2.75, 3.05) is 26.4 Å². The van der Waals surface area contributed by atoms with Gasteiger partial charge in [0, 0.05) is 13.2 Å². The molecule has 2 aliphatic rings. The number of hydrogen-bond acceptors (Lipinski definition) is 3. The van der Waals surface area contributed by atoms with Crippen molar-refractivity contribution in [1.29, 1.82) is 0 Å². The first kappa shape index (κ1) is 11.1. The average molecular weight is 212 g/mol. The molecule has 0 aromatic rings. The quantitative estimate of drug-likeness (QED) is 0.629. The lowest BCUT2D eigenvalue weighted by Crippen LogP contribution is -2.33. The van der Waals surface area contributed by atoms with Gasteiger partial charge in [-0.25, -0.2) is 0 Å². The van der Waals surface area contributed by atoms with Gasteiger partial charge in [-0.05, 0) is 26.7 Å². The van der Waals surface area contributed by atoms with Gasteiger partial charge in [-0.15, -0.1) is 0 Å². The van der Waals surface area contributed by atoms with Crippen LogP contribution >= 0.6 is 0 Å². The second-order valence-corrected chi connectivity index (χ2v) is 4.34. The summed E-state index contributed by atoms with van der Waals surface area (Å²) in [7, 11) is 0. The Labute approximate surface area is 91.4 Å². The van der Waals surface area contributed by atoms with Gasteiger partial charge in [0.15, 0.2) is 0 Å². The molecule has 0 spiro atoms. The molecule has 0 aromatic heterocycles. The molecule has 0 radical (unpaired) electrons. The molecule has 1 fully saturated rings. The van der Waals surface area contributed by atoms with Crippen molar-refractivity contribution >= 4 is 0 Å². The van der Waals surface area contributed by atoms with Gasteiger partial charge in [0.05, 0.1) is 13.2 Å². The molecule has 2 rings (SSSR count). The zero-order chi connectivity index (χ0) is 10.8. The molecule has 2 aliphatic heterocycles. The Morgan fingerprint density at radius 2 is 1.47 bits per heavy atom. The van der Waals surface area contributed by atoms with Crippen molar-refractivity contribution in [3.8, 4) is 0 Å². The fraction of sp³-hybridized carbons (Fsp3) is 0.833. The zero-order valence-electron chi connectivity index (χ0n) is 9.62. The van der Waals surface area contributed by atoms with Crippen LogP contribution in [-0.4, -0.2) is 37.6 Å². The molecule has 0 N–H and O–H groups in total. The summed E-state index contributed by atoms with van der Waals surface area (Å²) in [6.45, 7) is 6.87. The van der Waals surface area contributed by atoms with Crippen molar-refractivity contribution in [2.45, 2.75) is 37.9 Å². The first-order valence-corrected chi connectivity index (χ1v) is 5.80. The summed E-state index contributed by atoms with van der Waals surface area (Å²) in [5, 5.41) is 0. The molecule has 2 bridgehead atoms. The molecule has 3 heteroatoms. The number of rotatable bonds is 6. The van der Waals surface area contributed by atoms with Gasteiger partial charge in [0.2, 0.25) is 0 Å². The summed E-state index contributed by atoms with van der Waals surface area (Å²) in [5.74, 6) is 0. The molecular formula is C12H20O3. The Morgan fingerprint density at radius 1 is 1.00 bits per heavy atom. The maximum Gasteiger partial charge on any atom is 0.111 e. The van der Waals surface area contributed by atoms with Crippen LogP contribution in [0.5, 0.6) is 0 Å². The van der Waals surface area contributed by atoms with Crippen LogP contribution in [0.4, 0.5) is 0 Å². The van der Waals surface area contributed by atoms with E-state index >= 15 is 0 Å². The Morgan fingerprint density at radius 3 is 1.80 bits per heavy atom. The Bertz CT molecular complexity index is 227. The fourth-order valence-corrected chi connectivity index (χ4v) is 2.32. The van der Waals surface area contributed by atoms with Gasteiger partial charge in [-0.1, -0.05) is 12.2 Å². The Balaban J connectivity index is 1.93. The molecule has 0 saturated carbocycles. The summed E-state index contributed by atoms with van der Waals surface area (Å²) < 4.78 is 17.0. The van der Waals surface area contributed by atoms with Gasteiger partial charge in [-0.3, -0.25) is 0 Å². The van der Waals surface area contributed by atoms with Gasteiger partial charge in [0.1, 0.15) is 11.2 Å². The summed E-state index contributed by atoms with van der Waals surface area (Å²) in [5.41, 5.74) is -0.319. The highest BCUT2D eigenvalue weighted by molar-refractivity contribution is 5.24. The minimum Gasteiger partial charge on any atom is -0.378 e. The van der Waals surface area contributed by atoms with Crippen LogP contribution in [0, 0.1) is 0 Å². The lowest BCUT2D eigenvalue weighted by atomic mass is 9.89. The van der Waals surface area contributed by atoms with E-state index in [9.17, 15) is 0 Å². The minimum atomic E-state index is -0.160. The second-order valence-electron chi connectivity index (χ2n) is 4.34. The largest absolute Gasteiger partial charge is 0.378 e. The van der Waals surface area contributed by atoms with Gasteiger partial charge in [0.25, 0.3) is 0 Å². The van der Waals surface area contributed by atoms with E-state index < -0.39 is 0 Å². The van der Waals surface area contributed by atoms with Crippen molar-refractivity contribution < 1.29 is 14.2 Å². The van der Waals surface area contributed by atoms with Gasteiger partial charge < -0.3 is 14.2 Å².